The fraction of sp³-hybridized carbons (Fsp3) is 0.478. The SMILES string of the molecule is CN=C(NCCCCn1ccccc1=O)NCC(c1ccc(F)cc1)N1CCOCC1. The molecule has 8 heteroatoms. The highest BCUT2D eigenvalue weighted by molar-refractivity contribution is 5.79. The van der Waals surface area contributed by atoms with Crippen molar-refractivity contribution < 1.29 is 9.13 Å². The minimum Gasteiger partial charge on any atom is -0.379 e. The molecule has 1 aliphatic heterocycles. The maximum atomic E-state index is 13.4. The van der Waals surface area contributed by atoms with Crippen molar-refractivity contribution in [2.24, 2.45) is 4.99 Å². The first kappa shape index (κ1) is 23.0. The van der Waals surface area contributed by atoms with Gasteiger partial charge in [0, 0.05) is 52.0 Å². The van der Waals surface area contributed by atoms with Gasteiger partial charge in [-0.2, -0.15) is 0 Å². The average molecular weight is 430 g/mol. The summed E-state index contributed by atoms with van der Waals surface area (Å²) in [4.78, 5) is 18.4. The zero-order valence-corrected chi connectivity index (χ0v) is 18.1. The maximum Gasteiger partial charge on any atom is 0.250 e. The molecule has 0 radical (unpaired) electrons. The van der Waals surface area contributed by atoms with E-state index in [9.17, 15) is 9.18 Å². The molecule has 0 bridgehead atoms. The van der Waals surface area contributed by atoms with Gasteiger partial charge >= 0.3 is 0 Å². The number of unbranched alkanes of at least 4 members (excludes halogenated alkanes) is 1. The van der Waals surface area contributed by atoms with E-state index in [1.807, 2.05) is 24.4 Å². The van der Waals surface area contributed by atoms with Gasteiger partial charge in [0.2, 0.25) is 5.56 Å². The predicted molar refractivity (Wildman–Crippen MR) is 121 cm³/mol. The smallest absolute Gasteiger partial charge is 0.250 e. The highest BCUT2D eigenvalue weighted by Crippen LogP contribution is 2.21. The zero-order chi connectivity index (χ0) is 21.9. The van der Waals surface area contributed by atoms with E-state index in [-0.39, 0.29) is 17.4 Å². The summed E-state index contributed by atoms with van der Waals surface area (Å²) in [6.07, 6.45) is 3.64. The second kappa shape index (κ2) is 12.2. The molecule has 1 aromatic heterocycles. The lowest BCUT2D eigenvalue weighted by molar-refractivity contribution is 0.0170. The molecular formula is C23H32FN5O2. The van der Waals surface area contributed by atoms with Crippen molar-refractivity contribution in [1.82, 2.24) is 20.1 Å². The van der Waals surface area contributed by atoms with E-state index < -0.39 is 0 Å². The van der Waals surface area contributed by atoms with E-state index in [0.717, 1.165) is 44.0 Å². The molecule has 7 nitrogen and oxygen atoms in total. The quantitative estimate of drug-likeness (QED) is 0.363. The van der Waals surface area contributed by atoms with Crippen molar-refractivity contribution in [1.29, 1.82) is 0 Å². The Bertz CT molecular complexity index is 878. The molecule has 1 aromatic carbocycles. The van der Waals surface area contributed by atoms with Gasteiger partial charge in [-0.25, -0.2) is 4.39 Å². The molecule has 1 unspecified atom stereocenters. The third-order valence-corrected chi connectivity index (χ3v) is 5.44. The summed E-state index contributed by atoms with van der Waals surface area (Å²) >= 11 is 0. The van der Waals surface area contributed by atoms with Gasteiger partial charge in [-0.1, -0.05) is 18.2 Å². The third kappa shape index (κ3) is 7.18. The standard InChI is InChI=1S/C23H32FN5O2/c1-25-23(26-11-3-5-13-29-12-4-2-6-22(29)30)27-18-21(28-14-16-31-17-15-28)19-7-9-20(24)10-8-19/h2,4,6-10,12,21H,3,5,11,13-18H2,1H3,(H2,25,26,27). The van der Waals surface area contributed by atoms with Crippen LogP contribution in [0.25, 0.3) is 0 Å². The molecule has 2 heterocycles. The Balaban J connectivity index is 1.47. The number of pyridine rings is 1. The molecule has 168 valence electrons. The summed E-state index contributed by atoms with van der Waals surface area (Å²) in [6.45, 7) is 5.22. The summed E-state index contributed by atoms with van der Waals surface area (Å²) in [7, 11) is 1.75. The number of hydrogen-bond donors (Lipinski definition) is 2. The highest BCUT2D eigenvalue weighted by atomic mass is 19.1. The number of halogens is 1. The monoisotopic (exact) mass is 429 g/mol. The van der Waals surface area contributed by atoms with E-state index in [1.165, 1.54) is 12.1 Å². The van der Waals surface area contributed by atoms with Gasteiger partial charge in [-0.3, -0.25) is 14.7 Å². The van der Waals surface area contributed by atoms with Crippen LogP contribution in [0, 0.1) is 5.82 Å². The minimum atomic E-state index is -0.229. The molecule has 0 saturated carbocycles. The fourth-order valence-corrected chi connectivity index (χ4v) is 3.71. The molecule has 1 aliphatic rings. The largest absolute Gasteiger partial charge is 0.379 e. The number of morpholine rings is 1. The molecule has 0 spiro atoms. The van der Waals surface area contributed by atoms with Crippen LogP contribution >= 0.6 is 0 Å². The first-order valence-electron chi connectivity index (χ1n) is 10.8. The van der Waals surface area contributed by atoms with Crippen LogP contribution in [0.2, 0.25) is 0 Å². The number of aliphatic imine (C=N–C) groups is 1. The first-order chi connectivity index (χ1) is 15.2. The summed E-state index contributed by atoms with van der Waals surface area (Å²) in [5.41, 5.74) is 1.10. The number of nitrogens with one attached hydrogen (secondary N) is 2. The lowest BCUT2D eigenvalue weighted by atomic mass is 10.0. The molecule has 31 heavy (non-hydrogen) atoms. The highest BCUT2D eigenvalue weighted by Gasteiger charge is 2.23. The summed E-state index contributed by atoms with van der Waals surface area (Å²) < 4.78 is 20.6. The lowest BCUT2D eigenvalue weighted by Gasteiger charge is -2.35. The summed E-state index contributed by atoms with van der Waals surface area (Å²) in [5, 5.41) is 6.74. The number of aromatic nitrogens is 1. The molecule has 2 N–H and O–H groups in total. The number of nitrogens with zero attached hydrogens (tertiary/aromatic N) is 3. The molecule has 3 rings (SSSR count). The molecule has 0 aliphatic carbocycles. The van der Waals surface area contributed by atoms with Gasteiger partial charge in [0.15, 0.2) is 5.96 Å². The van der Waals surface area contributed by atoms with Gasteiger partial charge in [-0.15, -0.1) is 0 Å². The van der Waals surface area contributed by atoms with E-state index in [0.29, 0.717) is 26.3 Å². The van der Waals surface area contributed by atoms with Crippen LogP contribution in [0.1, 0.15) is 24.4 Å². The number of hydrogen-bond acceptors (Lipinski definition) is 4. The Morgan fingerprint density at radius 3 is 2.61 bits per heavy atom. The number of benzene rings is 1. The van der Waals surface area contributed by atoms with Gasteiger partial charge in [-0.05, 0) is 36.6 Å². The number of rotatable bonds is 9. The van der Waals surface area contributed by atoms with Crippen molar-refractivity contribution in [2.75, 3.05) is 46.4 Å². The van der Waals surface area contributed by atoms with Crippen LogP contribution in [0.15, 0.2) is 58.4 Å². The number of ether oxygens (including phenoxy) is 1. The Kier molecular flexibility index (Phi) is 9.05. The van der Waals surface area contributed by atoms with Crippen LogP contribution in [-0.4, -0.2) is 61.9 Å². The molecule has 1 fully saturated rings. The minimum absolute atomic E-state index is 0.0304. The second-order valence-electron chi connectivity index (χ2n) is 7.53. The molecule has 2 aromatic rings. The average Bonchev–Trinajstić information content (AvgIpc) is 2.80. The van der Waals surface area contributed by atoms with Crippen LogP contribution in [0.5, 0.6) is 0 Å². The Morgan fingerprint density at radius 2 is 1.90 bits per heavy atom. The topological polar surface area (TPSA) is 70.9 Å². The Labute approximate surface area is 182 Å². The Morgan fingerprint density at radius 1 is 1.13 bits per heavy atom. The maximum absolute atomic E-state index is 13.4. The molecule has 1 saturated heterocycles. The summed E-state index contributed by atoms with van der Waals surface area (Å²) in [5.74, 6) is 0.505. The third-order valence-electron chi connectivity index (χ3n) is 5.44. The van der Waals surface area contributed by atoms with Crippen molar-refractivity contribution in [3.05, 3.63) is 70.4 Å². The Hall–Kier alpha value is -2.71. The van der Waals surface area contributed by atoms with Gasteiger partial charge in [0.25, 0.3) is 0 Å². The van der Waals surface area contributed by atoms with Gasteiger partial charge in [0.1, 0.15) is 5.82 Å². The van der Waals surface area contributed by atoms with E-state index >= 15 is 0 Å². The van der Waals surface area contributed by atoms with E-state index in [4.69, 9.17) is 4.74 Å². The predicted octanol–water partition coefficient (Wildman–Crippen LogP) is 2.01. The van der Waals surface area contributed by atoms with Crippen LogP contribution in [0.4, 0.5) is 4.39 Å². The summed E-state index contributed by atoms with van der Waals surface area (Å²) in [6, 6.07) is 12.0. The number of guanidine groups is 1. The normalized spacial score (nSPS) is 16.1. The van der Waals surface area contributed by atoms with Crippen molar-refractivity contribution in [2.45, 2.75) is 25.4 Å². The van der Waals surface area contributed by atoms with E-state index in [1.54, 1.807) is 23.7 Å². The van der Waals surface area contributed by atoms with Crippen LogP contribution < -0.4 is 16.2 Å². The molecule has 0 amide bonds. The van der Waals surface area contributed by atoms with Crippen molar-refractivity contribution in [3.63, 3.8) is 0 Å². The fourth-order valence-electron chi connectivity index (χ4n) is 3.71. The van der Waals surface area contributed by atoms with Crippen LogP contribution in [-0.2, 0) is 11.3 Å². The van der Waals surface area contributed by atoms with Crippen molar-refractivity contribution in [3.8, 4) is 0 Å². The van der Waals surface area contributed by atoms with E-state index in [2.05, 4.69) is 20.5 Å². The zero-order valence-electron chi connectivity index (χ0n) is 18.1. The lowest BCUT2D eigenvalue weighted by Crippen LogP contribution is -2.46. The molecule has 1 atom stereocenters. The number of aryl methyl sites for hydroxylation is 1. The van der Waals surface area contributed by atoms with Crippen molar-refractivity contribution >= 4 is 5.96 Å². The second-order valence-corrected chi connectivity index (χ2v) is 7.53. The molecular weight excluding hydrogens is 397 g/mol. The van der Waals surface area contributed by atoms with Gasteiger partial charge < -0.3 is 19.9 Å². The van der Waals surface area contributed by atoms with Gasteiger partial charge in [0.05, 0.1) is 19.3 Å². The van der Waals surface area contributed by atoms with Crippen LogP contribution in [0.3, 0.4) is 0 Å². The first-order valence-corrected chi connectivity index (χ1v) is 10.8.